The lowest BCUT2D eigenvalue weighted by Crippen LogP contribution is -2.57. The van der Waals surface area contributed by atoms with E-state index in [9.17, 15) is 9.59 Å². The van der Waals surface area contributed by atoms with Crippen LogP contribution in [0.25, 0.3) is 0 Å². The Morgan fingerprint density at radius 2 is 1.57 bits per heavy atom. The van der Waals surface area contributed by atoms with Gasteiger partial charge in [-0.3, -0.25) is 9.78 Å². The Morgan fingerprint density at radius 1 is 0.973 bits per heavy atom. The molecule has 3 unspecified atom stereocenters. The zero-order valence-corrected chi connectivity index (χ0v) is 22.4. The molecule has 0 N–H and O–H groups in total. The topological polar surface area (TPSA) is 68.7 Å². The first-order chi connectivity index (χ1) is 17.9. The molecule has 1 aliphatic heterocycles. The monoisotopic (exact) mass is 540 g/mol. The minimum Gasteiger partial charge on any atom is -0.464 e. The summed E-state index contributed by atoms with van der Waals surface area (Å²) in [6, 6.07) is 17.1. The largest absolute Gasteiger partial charge is 0.464 e. The number of rotatable bonds is 9. The number of benzene rings is 2. The van der Waals surface area contributed by atoms with Crippen molar-refractivity contribution in [3.63, 3.8) is 0 Å². The molecule has 8 heteroatoms. The minimum absolute atomic E-state index is 0.226. The Labute approximate surface area is 227 Å². The van der Waals surface area contributed by atoms with E-state index in [1.54, 1.807) is 48.5 Å². The Balaban J connectivity index is 1.86. The highest BCUT2D eigenvalue weighted by atomic mass is 35.5. The number of nitrogens with zero attached hydrogens (tertiary/aromatic N) is 2. The third kappa shape index (κ3) is 6.32. The standard InChI is InChI=1S/C29H30Cl2N2O4/c1-3-5-24(29(35)36-4-2)33-26(20-6-10-22(30)11-7-20)27(21-8-12-23(31)13-9-21)37-25(28(33)34)18-19-14-16-32-17-15-19/h6-17,24-27H,3-5,18H2,1-2H3/t24?,25?,26-,27?/m0/s1. The molecule has 1 fully saturated rings. The average molecular weight is 541 g/mol. The summed E-state index contributed by atoms with van der Waals surface area (Å²) in [5.74, 6) is -0.676. The van der Waals surface area contributed by atoms with E-state index in [0.29, 0.717) is 29.3 Å². The first-order valence-corrected chi connectivity index (χ1v) is 13.2. The van der Waals surface area contributed by atoms with Gasteiger partial charge in [-0.2, -0.15) is 0 Å². The van der Waals surface area contributed by atoms with Gasteiger partial charge in [0.15, 0.2) is 0 Å². The molecule has 0 saturated carbocycles. The van der Waals surface area contributed by atoms with Crippen LogP contribution in [0, 0.1) is 0 Å². The summed E-state index contributed by atoms with van der Waals surface area (Å²) < 4.78 is 12.0. The predicted molar refractivity (Wildman–Crippen MR) is 143 cm³/mol. The third-order valence-corrected chi connectivity index (χ3v) is 6.97. The second-order valence-electron chi connectivity index (χ2n) is 8.95. The molecule has 0 aliphatic carbocycles. The van der Waals surface area contributed by atoms with Crippen molar-refractivity contribution in [3.05, 3.63) is 99.8 Å². The highest BCUT2D eigenvalue weighted by Gasteiger charge is 2.48. The van der Waals surface area contributed by atoms with Crippen molar-refractivity contribution in [3.8, 4) is 0 Å². The van der Waals surface area contributed by atoms with Gasteiger partial charge in [-0.05, 0) is 66.4 Å². The Morgan fingerprint density at radius 3 is 2.14 bits per heavy atom. The highest BCUT2D eigenvalue weighted by Crippen LogP contribution is 2.44. The summed E-state index contributed by atoms with van der Waals surface area (Å²) in [5.41, 5.74) is 2.57. The first kappa shape index (κ1) is 27.1. The zero-order valence-electron chi connectivity index (χ0n) is 20.8. The number of halogens is 2. The van der Waals surface area contributed by atoms with Gasteiger partial charge in [0.05, 0.1) is 12.6 Å². The number of ether oxygens (including phenoxy) is 2. The van der Waals surface area contributed by atoms with Crippen molar-refractivity contribution in [1.29, 1.82) is 0 Å². The van der Waals surface area contributed by atoms with E-state index in [1.807, 2.05) is 43.3 Å². The number of aromatic nitrogens is 1. The van der Waals surface area contributed by atoms with Gasteiger partial charge in [-0.1, -0.05) is 60.8 Å². The van der Waals surface area contributed by atoms with E-state index >= 15 is 0 Å². The molecule has 1 amide bonds. The lowest BCUT2D eigenvalue weighted by Gasteiger charge is -2.47. The molecule has 3 aromatic rings. The van der Waals surface area contributed by atoms with Crippen molar-refractivity contribution in [2.24, 2.45) is 0 Å². The molecule has 37 heavy (non-hydrogen) atoms. The molecule has 0 bridgehead atoms. The number of hydrogen-bond acceptors (Lipinski definition) is 5. The predicted octanol–water partition coefficient (Wildman–Crippen LogP) is 6.37. The van der Waals surface area contributed by atoms with Gasteiger partial charge in [0, 0.05) is 28.9 Å². The van der Waals surface area contributed by atoms with Crippen LogP contribution in [0.4, 0.5) is 0 Å². The molecule has 0 spiro atoms. The second-order valence-corrected chi connectivity index (χ2v) is 9.83. The maximum absolute atomic E-state index is 14.2. The smallest absolute Gasteiger partial charge is 0.328 e. The highest BCUT2D eigenvalue weighted by molar-refractivity contribution is 6.30. The SMILES string of the molecule is CCCC(C(=O)OCC)N1C(=O)C(Cc2ccncc2)OC(c2ccc(Cl)cc2)[C@@H]1c1ccc(Cl)cc1. The fourth-order valence-electron chi connectivity index (χ4n) is 4.77. The van der Waals surface area contributed by atoms with E-state index in [0.717, 1.165) is 16.7 Å². The molecule has 4 rings (SSSR count). The summed E-state index contributed by atoms with van der Waals surface area (Å²) >= 11 is 12.4. The van der Waals surface area contributed by atoms with Crippen LogP contribution in [0.15, 0.2) is 73.1 Å². The summed E-state index contributed by atoms with van der Waals surface area (Å²) in [6.07, 6.45) is 3.51. The summed E-state index contributed by atoms with van der Waals surface area (Å²) in [4.78, 5) is 33.2. The summed E-state index contributed by atoms with van der Waals surface area (Å²) in [7, 11) is 0. The molecule has 1 saturated heterocycles. The van der Waals surface area contributed by atoms with E-state index in [4.69, 9.17) is 32.7 Å². The number of carbonyl (C=O) groups is 2. The molecular formula is C29H30Cl2N2O4. The number of esters is 1. The van der Waals surface area contributed by atoms with Crippen molar-refractivity contribution >= 4 is 35.1 Å². The molecule has 2 heterocycles. The van der Waals surface area contributed by atoms with E-state index in [1.165, 1.54) is 0 Å². The van der Waals surface area contributed by atoms with Crippen LogP contribution in [0.3, 0.4) is 0 Å². The van der Waals surface area contributed by atoms with Crippen molar-refractivity contribution in [2.45, 2.75) is 57.4 Å². The van der Waals surface area contributed by atoms with Crippen LogP contribution in [0.1, 0.15) is 55.5 Å². The maximum Gasteiger partial charge on any atom is 0.328 e. The maximum atomic E-state index is 14.2. The fraction of sp³-hybridized carbons (Fsp3) is 0.345. The molecule has 2 aromatic carbocycles. The minimum atomic E-state index is -0.805. The third-order valence-electron chi connectivity index (χ3n) is 6.46. The molecule has 1 aromatic heterocycles. The van der Waals surface area contributed by atoms with Crippen LogP contribution in [-0.2, 0) is 25.5 Å². The van der Waals surface area contributed by atoms with E-state index in [2.05, 4.69) is 4.98 Å². The van der Waals surface area contributed by atoms with Crippen LogP contribution in [0.2, 0.25) is 10.0 Å². The van der Waals surface area contributed by atoms with Crippen LogP contribution >= 0.6 is 23.2 Å². The van der Waals surface area contributed by atoms with Gasteiger partial charge in [0.1, 0.15) is 18.2 Å². The number of pyridine rings is 1. The molecule has 6 nitrogen and oxygen atoms in total. The quantitative estimate of drug-likeness (QED) is 0.295. The number of hydrogen-bond donors (Lipinski definition) is 0. The number of carbonyl (C=O) groups excluding carboxylic acids is 2. The first-order valence-electron chi connectivity index (χ1n) is 12.5. The van der Waals surface area contributed by atoms with Gasteiger partial charge >= 0.3 is 5.97 Å². The van der Waals surface area contributed by atoms with Gasteiger partial charge < -0.3 is 14.4 Å². The average Bonchev–Trinajstić information content (AvgIpc) is 2.90. The Bertz CT molecular complexity index is 1190. The van der Waals surface area contributed by atoms with Crippen LogP contribution < -0.4 is 0 Å². The number of amides is 1. The van der Waals surface area contributed by atoms with Gasteiger partial charge in [0.25, 0.3) is 5.91 Å². The lowest BCUT2D eigenvalue weighted by molar-refractivity contribution is -0.186. The molecule has 1 aliphatic rings. The molecule has 0 radical (unpaired) electrons. The van der Waals surface area contributed by atoms with Crippen molar-refractivity contribution in [1.82, 2.24) is 9.88 Å². The van der Waals surface area contributed by atoms with Crippen molar-refractivity contribution in [2.75, 3.05) is 6.61 Å². The van der Waals surface area contributed by atoms with E-state index < -0.39 is 30.3 Å². The lowest BCUT2D eigenvalue weighted by atomic mass is 9.88. The second kappa shape index (κ2) is 12.5. The molecule has 194 valence electrons. The summed E-state index contributed by atoms with van der Waals surface area (Å²) in [6.45, 7) is 3.98. The number of morpholine rings is 1. The zero-order chi connectivity index (χ0) is 26.4. The Hall–Kier alpha value is -2.93. The molecule has 4 atom stereocenters. The van der Waals surface area contributed by atoms with Crippen LogP contribution in [-0.4, -0.2) is 40.5 Å². The Kier molecular flexibility index (Phi) is 9.19. The molecular weight excluding hydrogens is 511 g/mol. The normalized spacial score (nSPS) is 20.5. The van der Waals surface area contributed by atoms with Crippen molar-refractivity contribution < 1.29 is 19.1 Å². The van der Waals surface area contributed by atoms with E-state index in [-0.39, 0.29) is 12.5 Å². The fourth-order valence-corrected chi connectivity index (χ4v) is 5.02. The van der Waals surface area contributed by atoms with Gasteiger partial charge in [-0.15, -0.1) is 0 Å². The van der Waals surface area contributed by atoms with Gasteiger partial charge in [-0.25, -0.2) is 4.79 Å². The van der Waals surface area contributed by atoms with Gasteiger partial charge in [0.2, 0.25) is 0 Å². The van der Waals surface area contributed by atoms with Crippen LogP contribution in [0.5, 0.6) is 0 Å². The summed E-state index contributed by atoms with van der Waals surface area (Å²) in [5, 5.41) is 1.17.